The molecule has 0 unspecified atom stereocenters. The van der Waals surface area contributed by atoms with E-state index in [1.165, 1.54) is 19.8 Å². The summed E-state index contributed by atoms with van der Waals surface area (Å²) in [5, 5.41) is 6.46. The van der Waals surface area contributed by atoms with Crippen molar-refractivity contribution in [3.8, 4) is 0 Å². The van der Waals surface area contributed by atoms with Gasteiger partial charge in [0.15, 0.2) is 0 Å². The Bertz CT molecular complexity index is 512. The van der Waals surface area contributed by atoms with Crippen molar-refractivity contribution in [2.45, 2.75) is 45.2 Å². The third-order valence-corrected chi connectivity index (χ3v) is 4.01. The van der Waals surface area contributed by atoms with Crippen LogP contribution in [0.4, 0.5) is 0 Å². The molecular weight excluding hydrogens is 288 g/mol. The molecule has 1 aliphatic rings. The molecule has 1 aromatic carbocycles. The van der Waals surface area contributed by atoms with Crippen LogP contribution in [0.15, 0.2) is 24.3 Å². The smallest absolute Gasteiger partial charge is 0.222 e. The highest BCUT2D eigenvalue weighted by molar-refractivity contribution is 6.30. The Balaban J connectivity index is 1.99. The van der Waals surface area contributed by atoms with Crippen LogP contribution >= 0.6 is 11.6 Å². The summed E-state index contributed by atoms with van der Waals surface area (Å²) in [4.78, 5) is 23.5. The standard InChI is InChI=1S/C16H21ClN2O2/c1-10(12-3-4-12)18-16(21)9-15(19-11(2)20)13-5-7-14(17)8-6-13/h5-8,10,12,15H,3-4,9H2,1-2H3,(H,18,21)(H,19,20)/t10-,15+/m1/s1. The molecule has 21 heavy (non-hydrogen) atoms. The minimum atomic E-state index is -0.328. The van der Waals surface area contributed by atoms with E-state index in [0.29, 0.717) is 10.9 Å². The summed E-state index contributed by atoms with van der Waals surface area (Å²) < 4.78 is 0. The molecular formula is C16H21ClN2O2. The Labute approximate surface area is 130 Å². The quantitative estimate of drug-likeness (QED) is 0.849. The van der Waals surface area contributed by atoms with Gasteiger partial charge >= 0.3 is 0 Å². The number of carbonyl (C=O) groups is 2. The van der Waals surface area contributed by atoms with Crippen LogP contribution in [-0.4, -0.2) is 17.9 Å². The van der Waals surface area contributed by atoms with Crippen LogP contribution in [0.25, 0.3) is 0 Å². The van der Waals surface area contributed by atoms with Gasteiger partial charge in [-0.05, 0) is 43.4 Å². The molecule has 1 aliphatic carbocycles. The number of rotatable bonds is 6. The van der Waals surface area contributed by atoms with Gasteiger partial charge in [0.2, 0.25) is 11.8 Å². The van der Waals surface area contributed by atoms with Gasteiger partial charge in [-0.15, -0.1) is 0 Å². The highest BCUT2D eigenvalue weighted by Gasteiger charge is 2.29. The number of benzene rings is 1. The normalized spacial score (nSPS) is 16.9. The molecule has 1 aromatic rings. The fourth-order valence-corrected chi connectivity index (χ4v) is 2.53. The summed E-state index contributed by atoms with van der Waals surface area (Å²) in [6.07, 6.45) is 2.61. The van der Waals surface area contributed by atoms with Crippen molar-refractivity contribution in [3.05, 3.63) is 34.9 Å². The molecule has 0 radical (unpaired) electrons. The van der Waals surface area contributed by atoms with E-state index in [4.69, 9.17) is 11.6 Å². The molecule has 0 aromatic heterocycles. The average molecular weight is 309 g/mol. The van der Waals surface area contributed by atoms with E-state index < -0.39 is 0 Å². The lowest BCUT2D eigenvalue weighted by molar-refractivity contribution is -0.123. The van der Waals surface area contributed by atoms with E-state index >= 15 is 0 Å². The molecule has 4 nitrogen and oxygen atoms in total. The average Bonchev–Trinajstić information content (AvgIpc) is 3.22. The van der Waals surface area contributed by atoms with Gasteiger partial charge < -0.3 is 10.6 Å². The molecule has 0 spiro atoms. The van der Waals surface area contributed by atoms with Crippen molar-refractivity contribution in [3.63, 3.8) is 0 Å². The predicted molar refractivity (Wildman–Crippen MR) is 83.0 cm³/mol. The maximum atomic E-state index is 12.1. The van der Waals surface area contributed by atoms with Gasteiger partial charge in [-0.25, -0.2) is 0 Å². The number of carbonyl (C=O) groups excluding carboxylic acids is 2. The molecule has 0 bridgehead atoms. The Morgan fingerprint density at radius 2 is 1.86 bits per heavy atom. The van der Waals surface area contributed by atoms with Crippen molar-refractivity contribution in [2.24, 2.45) is 5.92 Å². The Hall–Kier alpha value is -1.55. The maximum Gasteiger partial charge on any atom is 0.222 e. The Morgan fingerprint density at radius 1 is 1.24 bits per heavy atom. The van der Waals surface area contributed by atoms with Crippen LogP contribution in [0.3, 0.4) is 0 Å². The number of nitrogens with one attached hydrogen (secondary N) is 2. The van der Waals surface area contributed by atoms with Gasteiger partial charge in [0.25, 0.3) is 0 Å². The van der Waals surface area contributed by atoms with Crippen LogP contribution < -0.4 is 10.6 Å². The highest BCUT2D eigenvalue weighted by Crippen LogP contribution is 2.32. The number of hydrogen-bond acceptors (Lipinski definition) is 2. The monoisotopic (exact) mass is 308 g/mol. The third kappa shape index (κ3) is 5.05. The first-order valence-corrected chi connectivity index (χ1v) is 7.65. The van der Waals surface area contributed by atoms with Crippen molar-refractivity contribution in [2.75, 3.05) is 0 Å². The van der Waals surface area contributed by atoms with Crippen molar-refractivity contribution < 1.29 is 9.59 Å². The van der Waals surface area contributed by atoms with E-state index in [9.17, 15) is 9.59 Å². The second-order valence-corrected chi connectivity index (χ2v) is 6.14. The molecule has 1 fully saturated rings. The van der Waals surface area contributed by atoms with Crippen LogP contribution in [-0.2, 0) is 9.59 Å². The molecule has 2 atom stereocenters. The van der Waals surface area contributed by atoms with Gasteiger partial charge in [0.1, 0.15) is 0 Å². The van der Waals surface area contributed by atoms with Gasteiger partial charge in [-0.3, -0.25) is 9.59 Å². The van der Waals surface area contributed by atoms with E-state index in [2.05, 4.69) is 10.6 Å². The lowest BCUT2D eigenvalue weighted by Gasteiger charge is -2.20. The summed E-state index contributed by atoms with van der Waals surface area (Å²) in [5.74, 6) is 0.421. The number of halogens is 1. The van der Waals surface area contributed by atoms with Crippen LogP contribution in [0.1, 0.15) is 44.7 Å². The minimum Gasteiger partial charge on any atom is -0.353 e. The fourth-order valence-electron chi connectivity index (χ4n) is 2.40. The third-order valence-electron chi connectivity index (χ3n) is 3.76. The molecule has 0 aliphatic heterocycles. The molecule has 0 heterocycles. The fraction of sp³-hybridized carbons (Fsp3) is 0.500. The first-order valence-electron chi connectivity index (χ1n) is 7.27. The minimum absolute atomic E-state index is 0.0388. The Morgan fingerprint density at radius 3 is 2.38 bits per heavy atom. The zero-order valence-electron chi connectivity index (χ0n) is 12.4. The lowest BCUT2D eigenvalue weighted by atomic mass is 10.0. The summed E-state index contributed by atoms with van der Waals surface area (Å²) in [6.45, 7) is 3.49. The van der Waals surface area contributed by atoms with Crippen molar-refractivity contribution in [1.82, 2.24) is 10.6 Å². The molecule has 1 saturated carbocycles. The Kier molecular flexibility index (Phi) is 5.23. The number of hydrogen-bond donors (Lipinski definition) is 2. The van der Waals surface area contributed by atoms with Gasteiger partial charge in [-0.2, -0.15) is 0 Å². The summed E-state index contributed by atoms with van der Waals surface area (Å²) in [6, 6.07) is 7.07. The zero-order valence-corrected chi connectivity index (χ0v) is 13.1. The SMILES string of the molecule is CC(=O)N[C@@H](CC(=O)N[C@H](C)C1CC1)c1ccc(Cl)cc1. The van der Waals surface area contributed by atoms with Crippen molar-refractivity contribution in [1.29, 1.82) is 0 Å². The van der Waals surface area contributed by atoms with Crippen LogP contribution in [0.5, 0.6) is 0 Å². The molecule has 2 rings (SSSR count). The molecule has 114 valence electrons. The largest absolute Gasteiger partial charge is 0.353 e. The zero-order chi connectivity index (χ0) is 15.4. The summed E-state index contributed by atoms with van der Waals surface area (Å²) >= 11 is 5.87. The predicted octanol–water partition coefficient (Wildman–Crippen LogP) is 2.82. The van der Waals surface area contributed by atoms with E-state index in [0.717, 1.165) is 5.56 Å². The van der Waals surface area contributed by atoms with Crippen molar-refractivity contribution >= 4 is 23.4 Å². The first kappa shape index (κ1) is 15.8. The van der Waals surface area contributed by atoms with E-state index in [1.54, 1.807) is 12.1 Å². The lowest BCUT2D eigenvalue weighted by Crippen LogP contribution is -2.37. The molecule has 2 amide bonds. The second-order valence-electron chi connectivity index (χ2n) is 5.70. The maximum absolute atomic E-state index is 12.1. The number of amides is 2. The summed E-state index contributed by atoms with van der Waals surface area (Å²) in [5.41, 5.74) is 0.879. The van der Waals surface area contributed by atoms with Gasteiger partial charge in [-0.1, -0.05) is 23.7 Å². The van der Waals surface area contributed by atoms with Gasteiger partial charge in [0.05, 0.1) is 12.5 Å². The van der Waals surface area contributed by atoms with E-state index in [1.807, 2.05) is 19.1 Å². The van der Waals surface area contributed by atoms with Crippen LogP contribution in [0.2, 0.25) is 5.02 Å². The second kappa shape index (κ2) is 6.94. The topological polar surface area (TPSA) is 58.2 Å². The first-order chi connectivity index (χ1) is 9.95. The molecule has 2 N–H and O–H groups in total. The highest BCUT2D eigenvalue weighted by atomic mass is 35.5. The van der Waals surface area contributed by atoms with Crippen LogP contribution in [0, 0.1) is 5.92 Å². The van der Waals surface area contributed by atoms with Gasteiger partial charge in [0, 0.05) is 18.0 Å². The van der Waals surface area contributed by atoms with E-state index in [-0.39, 0.29) is 30.3 Å². The molecule has 5 heteroatoms. The summed E-state index contributed by atoms with van der Waals surface area (Å²) in [7, 11) is 0. The molecule has 0 saturated heterocycles.